The molecule has 0 aliphatic heterocycles. The maximum atomic E-state index is 12.1. The van der Waals surface area contributed by atoms with Crippen molar-refractivity contribution in [1.29, 1.82) is 0 Å². The first-order valence-corrected chi connectivity index (χ1v) is 6.60. The Hall–Kier alpha value is -1.39. The summed E-state index contributed by atoms with van der Waals surface area (Å²) >= 11 is 0. The van der Waals surface area contributed by atoms with Crippen molar-refractivity contribution >= 4 is 5.91 Å². The Morgan fingerprint density at radius 1 is 1.53 bits per heavy atom. The summed E-state index contributed by atoms with van der Waals surface area (Å²) in [7, 11) is 1.60. The number of amides is 1. The molecule has 104 valence electrons. The third-order valence-electron chi connectivity index (χ3n) is 3.66. The molecule has 0 fully saturated rings. The predicted molar refractivity (Wildman–Crippen MR) is 73.0 cm³/mol. The molecule has 1 aliphatic rings. The molecule has 0 saturated carbocycles. The Bertz CT molecular complexity index is 456. The van der Waals surface area contributed by atoms with E-state index in [0.29, 0.717) is 13.0 Å². The molecule has 2 atom stereocenters. The fourth-order valence-corrected chi connectivity index (χ4v) is 2.30. The predicted octanol–water partition coefficient (Wildman–Crippen LogP) is 1.23. The zero-order valence-corrected chi connectivity index (χ0v) is 11.5. The van der Waals surface area contributed by atoms with Crippen molar-refractivity contribution in [1.82, 2.24) is 5.32 Å². The molecule has 2 unspecified atom stereocenters. The fourth-order valence-electron chi connectivity index (χ4n) is 2.30. The molecule has 19 heavy (non-hydrogen) atoms. The number of nitrogens with one attached hydrogen (secondary N) is 1. The van der Waals surface area contributed by atoms with E-state index >= 15 is 0 Å². The summed E-state index contributed by atoms with van der Waals surface area (Å²) in [5.74, 6) is -0.0641. The van der Waals surface area contributed by atoms with Crippen LogP contribution in [0, 0.1) is 0 Å². The molecule has 0 radical (unpaired) electrons. The number of hydrogen-bond acceptors (Lipinski definition) is 3. The van der Waals surface area contributed by atoms with Crippen LogP contribution in [0.1, 0.15) is 30.4 Å². The fraction of sp³-hybridized carbons (Fsp3) is 0.533. The van der Waals surface area contributed by atoms with Gasteiger partial charge in [0.2, 0.25) is 5.91 Å². The second-order valence-corrected chi connectivity index (χ2v) is 5.41. The highest BCUT2D eigenvalue weighted by Gasteiger charge is 2.32. The van der Waals surface area contributed by atoms with E-state index in [4.69, 9.17) is 4.74 Å². The molecule has 4 nitrogen and oxygen atoms in total. The minimum atomic E-state index is -0.922. The second kappa shape index (κ2) is 5.72. The van der Waals surface area contributed by atoms with Crippen molar-refractivity contribution in [2.24, 2.45) is 0 Å². The molecule has 1 amide bonds. The van der Waals surface area contributed by atoms with E-state index in [1.807, 2.05) is 24.3 Å². The number of benzene rings is 1. The molecule has 0 saturated heterocycles. The Morgan fingerprint density at radius 2 is 2.26 bits per heavy atom. The normalized spacial score (nSPS) is 20.1. The van der Waals surface area contributed by atoms with E-state index in [0.717, 1.165) is 12.0 Å². The van der Waals surface area contributed by atoms with Gasteiger partial charge in [0.1, 0.15) is 0 Å². The maximum Gasteiger partial charge on any atom is 0.227 e. The van der Waals surface area contributed by atoms with Gasteiger partial charge in [0.05, 0.1) is 11.5 Å². The van der Waals surface area contributed by atoms with Gasteiger partial charge in [-0.1, -0.05) is 24.3 Å². The number of hydrogen-bond donors (Lipinski definition) is 2. The van der Waals surface area contributed by atoms with Gasteiger partial charge in [-0.25, -0.2) is 0 Å². The highest BCUT2D eigenvalue weighted by molar-refractivity contribution is 5.86. The summed E-state index contributed by atoms with van der Waals surface area (Å²) < 4.78 is 4.94. The monoisotopic (exact) mass is 263 g/mol. The molecule has 4 heteroatoms. The molecular formula is C15H21NO3. The number of ether oxygens (including phenoxy) is 1. The first kappa shape index (κ1) is 14.0. The van der Waals surface area contributed by atoms with E-state index in [1.165, 1.54) is 5.56 Å². The number of fused-ring (bicyclic) bond motifs is 1. The molecular weight excluding hydrogens is 242 g/mol. The van der Waals surface area contributed by atoms with Crippen molar-refractivity contribution in [2.75, 3.05) is 20.3 Å². The number of rotatable bonds is 6. The zero-order chi connectivity index (χ0) is 13.9. The van der Waals surface area contributed by atoms with Crippen LogP contribution in [0.15, 0.2) is 24.3 Å². The SMILES string of the molecule is COCCC(C)(O)CNC(=O)C1Cc2ccccc21. The van der Waals surface area contributed by atoms with Gasteiger partial charge in [0.15, 0.2) is 0 Å². The quantitative estimate of drug-likeness (QED) is 0.811. The Morgan fingerprint density at radius 3 is 2.95 bits per heavy atom. The van der Waals surface area contributed by atoms with Gasteiger partial charge in [-0.05, 0) is 24.5 Å². The van der Waals surface area contributed by atoms with Crippen LogP contribution < -0.4 is 5.32 Å². The van der Waals surface area contributed by atoms with Gasteiger partial charge in [0.25, 0.3) is 0 Å². The lowest BCUT2D eigenvalue weighted by Gasteiger charge is -2.30. The van der Waals surface area contributed by atoms with Crippen molar-refractivity contribution in [2.45, 2.75) is 31.3 Å². The van der Waals surface area contributed by atoms with Crippen LogP contribution in [0.25, 0.3) is 0 Å². The lowest BCUT2D eigenvalue weighted by atomic mass is 9.77. The van der Waals surface area contributed by atoms with Crippen molar-refractivity contribution < 1.29 is 14.6 Å². The minimum Gasteiger partial charge on any atom is -0.388 e. The van der Waals surface area contributed by atoms with Crippen LogP contribution in [-0.4, -0.2) is 36.9 Å². The van der Waals surface area contributed by atoms with Gasteiger partial charge >= 0.3 is 0 Å². The second-order valence-electron chi connectivity index (χ2n) is 5.41. The number of methoxy groups -OCH3 is 1. The smallest absolute Gasteiger partial charge is 0.227 e. The first-order chi connectivity index (χ1) is 9.03. The number of aliphatic hydroxyl groups is 1. The van der Waals surface area contributed by atoms with Crippen LogP contribution in [0.5, 0.6) is 0 Å². The van der Waals surface area contributed by atoms with E-state index in [-0.39, 0.29) is 18.4 Å². The standard InChI is InChI=1S/C15H21NO3/c1-15(18,7-8-19-2)10-16-14(17)13-9-11-5-3-4-6-12(11)13/h3-6,13,18H,7-10H2,1-2H3,(H,16,17). The van der Waals surface area contributed by atoms with Crippen LogP contribution in [-0.2, 0) is 16.0 Å². The molecule has 1 aliphatic carbocycles. The summed E-state index contributed by atoms with van der Waals surface area (Å²) in [6.07, 6.45) is 1.30. The summed E-state index contributed by atoms with van der Waals surface area (Å²) in [6.45, 7) is 2.45. The largest absolute Gasteiger partial charge is 0.388 e. The van der Waals surface area contributed by atoms with Gasteiger partial charge < -0.3 is 15.2 Å². The minimum absolute atomic E-state index is 0.00334. The molecule has 0 heterocycles. The highest BCUT2D eigenvalue weighted by Crippen LogP contribution is 2.34. The molecule has 0 bridgehead atoms. The first-order valence-electron chi connectivity index (χ1n) is 6.60. The van der Waals surface area contributed by atoms with E-state index in [2.05, 4.69) is 5.32 Å². The lowest BCUT2D eigenvalue weighted by Crippen LogP contribution is -2.44. The summed E-state index contributed by atoms with van der Waals surface area (Å²) in [5.41, 5.74) is 1.43. The van der Waals surface area contributed by atoms with Gasteiger partial charge in [-0.15, -0.1) is 0 Å². The number of carbonyl (C=O) groups is 1. The van der Waals surface area contributed by atoms with Crippen LogP contribution in [0.4, 0.5) is 0 Å². The van der Waals surface area contributed by atoms with E-state index < -0.39 is 5.60 Å². The average molecular weight is 263 g/mol. The third-order valence-corrected chi connectivity index (χ3v) is 3.66. The number of carbonyl (C=O) groups excluding carboxylic acids is 1. The van der Waals surface area contributed by atoms with E-state index in [1.54, 1.807) is 14.0 Å². The van der Waals surface area contributed by atoms with Crippen molar-refractivity contribution in [3.63, 3.8) is 0 Å². The van der Waals surface area contributed by atoms with Crippen LogP contribution in [0.3, 0.4) is 0 Å². The lowest BCUT2D eigenvalue weighted by molar-refractivity contribution is -0.124. The van der Waals surface area contributed by atoms with Crippen LogP contribution >= 0.6 is 0 Å². The Balaban J connectivity index is 1.83. The summed E-state index contributed by atoms with van der Waals surface area (Å²) in [4.78, 5) is 12.1. The van der Waals surface area contributed by atoms with Gasteiger partial charge in [-0.3, -0.25) is 4.79 Å². The zero-order valence-electron chi connectivity index (χ0n) is 11.5. The molecule has 2 rings (SSSR count). The Kier molecular flexibility index (Phi) is 4.22. The summed E-state index contributed by atoms with van der Waals surface area (Å²) in [6, 6.07) is 7.98. The molecule has 2 N–H and O–H groups in total. The summed E-state index contributed by atoms with van der Waals surface area (Å²) in [5, 5.41) is 12.9. The Labute approximate surface area is 113 Å². The maximum absolute atomic E-state index is 12.1. The van der Waals surface area contributed by atoms with E-state index in [9.17, 15) is 9.90 Å². The third kappa shape index (κ3) is 3.33. The van der Waals surface area contributed by atoms with Gasteiger partial charge in [0, 0.05) is 26.7 Å². The van der Waals surface area contributed by atoms with Gasteiger partial charge in [-0.2, -0.15) is 0 Å². The molecule has 0 aromatic heterocycles. The molecule has 1 aromatic rings. The molecule has 0 spiro atoms. The van der Waals surface area contributed by atoms with Crippen molar-refractivity contribution in [3.8, 4) is 0 Å². The topological polar surface area (TPSA) is 58.6 Å². The average Bonchev–Trinajstić information content (AvgIpc) is 2.36. The molecule has 1 aromatic carbocycles. The van der Waals surface area contributed by atoms with Crippen LogP contribution in [0.2, 0.25) is 0 Å². The highest BCUT2D eigenvalue weighted by atomic mass is 16.5. The van der Waals surface area contributed by atoms with Crippen molar-refractivity contribution in [3.05, 3.63) is 35.4 Å².